The van der Waals surface area contributed by atoms with E-state index in [0.717, 1.165) is 41.5 Å². The lowest BCUT2D eigenvalue weighted by Gasteiger charge is -2.37. The lowest BCUT2D eigenvalue weighted by atomic mass is 9.75. The molecular formula is C28H34N2O5. The largest absolute Gasteiger partial charge is 0.480 e. The van der Waals surface area contributed by atoms with Crippen molar-refractivity contribution in [1.82, 2.24) is 10.6 Å². The lowest BCUT2D eigenvalue weighted by Crippen LogP contribution is -2.57. The van der Waals surface area contributed by atoms with Crippen LogP contribution in [-0.2, 0) is 14.3 Å². The number of rotatable bonds is 8. The standard InChI is InChI=1S/C28H34N2O5/c1-3-19-12-14-28(15-13-19,26(32)33)30-25(31)16-18(2)29-27(34)35-17-24-22-10-6-4-8-20(22)21-9-5-7-11-23(21)24/h4-11,18-19,24H,3,12-17H2,1-2H3,(H,29,34)(H,30,31)(H,32,33)/t18-,19?,28?/m1/s1. The summed E-state index contributed by atoms with van der Waals surface area (Å²) < 4.78 is 5.55. The van der Waals surface area contributed by atoms with E-state index in [1.165, 1.54) is 0 Å². The molecular weight excluding hydrogens is 444 g/mol. The summed E-state index contributed by atoms with van der Waals surface area (Å²) in [5.74, 6) is -0.902. The number of benzene rings is 2. The number of nitrogens with one attached hydrogen (secondary N) is 2. The van der Waals surface area contributed by atoms with Crippen molar-refractivity contribution >= 4 is 18.0 Å². The third kappa shape index (κ3) is 5.34. The maximum Gasteiger partial charge on any atom is 0.407 e. The Bertz CT molecular complexity index is 1040. The molecule has 1 saturated carbocycles. The van der Waals surface area contributed by atoms with E-state index in [1.807, 2.05) is 24.3 Å². The van der Waals surface area contributed by atoms with E-state index in [-0.39, 0.29) is 24.9 Å². The van der Waals surface area contributed by atoms with Gasteiger partial charge in [-0.15, -0.1) is 0 Å². The Kier molecular flexibility index (Phi) is 7.43. The van der Waals surface area contributed by atoms with Gasteiger partial charge in [0.05, 0.1) is 0 Å². The molecule has 0 saturated heterocycles. The van der Waals surface area contributed by atoms with Crippen molar-refractivity contribution in [1.29, 1.82) is 0 Å². The van der Waals surface area contributed by atoms with Gasteiger partial charge in [-0.25, -0.2) is 9.59 Å². The van der Waals surface area contributed by atoms with E-state index in [2.05, 4.69) is 41.8 Å². The Labute approximate surface area is 206 Å². The number of hydrogen-bond acceptors (Lipinski definition) is 4. The summed E-state index contributed by atoms with van der Waals surface area (Å²) in [6, 6.07) is 15.7. The van der Waals surface area contributed by atoms with Gasteiger partial charge < -0.3 is 20.5 Å². The van der Waals surface area contributed by atoms with Crippen LogP contribution in [0, 0.1) is 5.92 Å². The number of carbonyl (C=O) groups excluding carboxylic acids is 2. The van der Waals surface area contributed by atoms with Gasteiger partial charge in [0.15, 0.2) is 0 Å². The van der Waals surface area contributed by atoms with Crippen LogP contribution in [0.5, 0.6) is 0 Å². The zero-order valence-corrected chi connectivity index (χ0v) is 20.4. The zero-order chi connectivity index (χ0) is 25.0. The van der Waals surface area contributed by atoms with Gasteiger partial charge in [0.1, 0.15) is 12.1 Å². The van der Waals surface area contributed by atoms with Gasteiger partial charge in [0.25, 0.3) is 0 Å². The normalized spacial score (nSPS) is 21.9. The molecule has 0 radical (unpaired) electrons. The molecule has 4 rings (SSSR count). The summed E-state index contributed by atoms with van der Waals surface area (Å²) in [4.78, 5) is 37.1. The summed E-state index contributed by atoms with van der Waals surface area (Å²) in [6.07, 6.45) is 2.85. The van der Waals surface area contributed by atoms with Gasteiger partial charge in [-0.05, 0) is 60.8 Å². The average molecular weight is 479 g/mol. The fraction of sp³-hybridized carbons (Fsp3) is 0.464. The predicted molar refractivity (Wildman–Crippen MR) is 133 cm³/mol. The second-order valence-electron chi connectivity index (χ2n) is 9.86. The summed E-state index contributed by atoms with van der Waals surface area (Å²) in [5.41, 5.74) is 3.35. The highest BCUT2D eigenvalue weighted by Gasteiger charge is 2.43. The lowest BCUT2D eigenvalue weighted by molar-refractivity contribution is -0.149. The monoisotopic (exact) mass is 478 g/mol. The van der Waals surface area contributed by atoms with E-state index in [4.69, 9.17) is 4.74 Å². The van der Waals surface area contributed by atoms with E-state index >= 15 is 0 Å². The Morgan fingerprint density at radius 1 is 1.03 bits per heavy atom. The topological polar surface area (TPSA) is 105 Å². The van der Waals surface area contributed by atoms with E-state index in [0.29, 0.717) is 18.8 Å². The molecule has 0 unspecified atom stereocenters. The first-order valence-electron chi connectivity index (χ1n) is 12.5. The van der Waals surface area contributed by atoms with Crippen molar-refractivity contribution in [2.45, 2.75) is 69.9 Å². The van der Waals surface area contributed by atoms with Gasteiger partial charge in [0, 0.05) is 18.4 Å². The SMILES string of the molecule is CCC1CCC(NC(=O)C[C@@H](C)NC(=O)OCC2c3ccccc3-c3ccccc32)(C(=O)O)CC1. The molecule has 2 aromatic rings. The zero-order valence-electron chi connectivity index (χ0n) is 20.4. The number of carbonyl (C=O) groups is 3. The molecule has 0 aliphatic heterocycles. The fourth-order valence-corrected chi connectivity index (χ4v) is 5.46. The summed E-state index contributed by atoms with van der Waals surface area (Å²) in [7, 11) is 0. The molecule has 1 atom stereocenters. The van der Waals surface area contributed by atoms with E-state index in [1.54, 1.807) is 6.92 Å². The number of aliphatic carboxylic acids is 1. The third-order valence-corrected chi connectivity index (χ3v) is 7.52. The van der Waals surface area contributed by atoms with Crippen LogP contribution in [0.2, 0.25) is 0 Å². The minimum atomic E-state index is -1.22. The van der Waals surface area contributed by atoms with Crippen LogP contribution in [0.3, 0.4) is 0 Å². The van der Waals surface area contributed by atoms with Gasteiger partial charge in [-0.1, -0.05) is 61.9 Å². The van der Waals surface area contributed by atoms with Gasteiger partial charge in [-0.3, -0.25) is 4.79 Å². The van der Waals surface area contributed by atoms with Crippen LogP contribution in [0.25, 0.3) is 11.1 Å². The number of amides is 2. The van der Waals surface area contributed by atoms with Crippen molar-refractivity contribution in [2.75, 3.05) is 6.61 Å². The molecule has 0 heterocycles. The van der Waals surface area contributed by atoms with Gasteiger partial charge in [0.2, 0.25) is 5.91 Å². The molecule has 1 fully saturated rings. The van der Waals surface area contributed by atoms with Crippen LogP contribution in [0.1, 0.15) is 69.4 Å². The molecule has 0 bridgehead atoms. The van der Waals surface area contributed by atoms with Crippen LogP contribution in [0.4, 0.5) is 4.79 Å². The van der Waals surface area contributed by atoms with Crippen molar-refractivity contribution in [3.8, 4) is 11.1 Å². The molecule has 2 aliphatic carbocycles. The number of carboxylic acids is 1. The van der Waals surface area contributed by atoms with Crippen molar-refractivity contribution in [2.24, 2.45) is 5.92 Å². The fourth-order valence-electron chi connectivity index (χ4n) is 5.46. The molecule has 3 N–H and O–H groups in total. The summed E-state index contributed by atoms with van der Waals surface area (Å²) in [5, 5.41) is 15.2. The quantitative estimate of drug-likeness (QED) is 0.503. The van der Waals surface area contributed by atoms with E-state index < -0.39 is 23.6 Å². The smallest absolute Gasteiger partial charge is 0.407 e. The molecule has 0 aromatic heterocycles. The molecule has 7 nitrogen and oxygen atoms in total. The maximum absolute atomic E-state index is 12.6. The molecule has 0 spiro atoms. The van der Waals surface area contributed by atoms with E-state index in [9.17, 15) is 19.5 Å². The molecule has 35 heavy (non-hydrogen) atoms. The van der Waals surface area contributed by atoms with Crippen molar-refractivity contribution < 1.29 is 24.2 Å². The number of carboxylic acid groups (broad SMARTS) is 1. The van der Waals surface area contributed by atoms with Crippen LogP contribution in [-0.4, -0.2) is 41.3 Å². The maximum atomic E-state index is 12.6. The summed E-state index contributed by atoms with van der Waals surface area (Å²) in [6.45, 7) is 4.01. The highest BCUT2D eigenvalue weighted by atomic mass is 16.5. The molecule has 186 valence electrons. The summed E-state index contributed by atoms with van der Waals surface area (Å²) >= 11 is 0. The van der Waals surface area contributed by atoms with Crippen LogP contribution >= 0.6 is 0 Å². The molecule has 2 aliphatic rings. The number of ether oxygens (including phenoxy) is 1. The second kappa shape index (κ2) is 10.5. The Hall–Kier alpha value is -3.35. The first-order valence-corrected chi connectivity index (χ1v) is 12.5. The number of hydrogen-bond donors (Lipinski definition) is 3. The third-order valence-electron chi connectivity index (χ3n) is 7.52. The minimum Gasteiger partial charge on any atom is -0.480 e. The van der Waals surface area contributed by atoms with Gasteiger partial charge in [-0.2, -0.15) is 0 Å². The molecule has 7 heteroatoms. The predicted octanol–water partition coefficient (Wildman–Crippen LogP) is 4.84. The van der Waals surface area contributed by atoms with Crippen molar-refractivity contribution in [3.63, 3.8) is 0 Å². The Morgan fingerprint density at radius 3 is 2.14 bits per heavy atom. The first kappa shape index (κ1) is 24.8. The Morgan fingerprint density at radius 2 is 1.60 bits per heavy atom. The van der Waals surface area contributed by atoms with Crippen LogP contribution in [0.15, 0.2) is 48.5 Å². The van der Waals surface area contributed by atoms with Crippen LogP contribution < -0.4 is 10.6 Å². The number of alkyl carbamates (subject to hydrolysis) is 1. The molecule has 2 aromatic carbocycles. The average Bonchev–Trinajstić information content (AvgIpc) is 3.16. The highest BCUT2D eigenvalue weighted by molar-refractivity contribution is 5.87. The first-order chi connectivity index (χ1) is 16.8. The second-order valence-corrected chi connectivity index (χ2v) is 9.86. The highest BCUT2D eigenvalue weighted by Crippen LogP contribution is 2.44. The van der Waals surface area contributed by atoms with Crippen molar-refractivity contribution in [3.05, 3.63) is 59.7 Å². The molecule has 2 amide bonds. The number of fused-ring (bicyclic) bond motifs is 3. The minimum absolute atomic E-state index is 0.0174. The Balaban J connectivity index is 1.29. The van der Waals surface area contributed by atoms with Gasteiger partial charge >= 0.3 is 12.1 Å².